The Kier molecular flexibility index (Phi) is 15.4. The van der Waals surface area contributed by atoms with Gasteiger partial charge in [-0.3, -0.25) is 9.59 Å². The number of fused-ring (bicyclic) bond motifs is 2. The zero-order valence-electron chi connectivity index (χ0n) is 33.9. The second kappa shape index (κ2) is 20.6. The Morgan fingerprint density at radius 1 is 1.02 bits per heavy atom. The van der Waals surface area contributed by atoms with Gasteiger partial charge in [-0.2, -0.15) is 0 Å². The Bertz CT molecular complexity index is 1780. The molecule has 13 heteroatoms. The van der Waals surface area contributed by atoms with Gasteiger partial charge >= 0.3 is 0 Å². The van der Waals surface area contributed by atoms with Gasteiger partial charge in [0.15, 0.2) is 6.29 Å². The van der Waals surface area contributed by atoms with Gasteiger partial charge in [0.1, 0.15) is 35.6 Å². The Labute approximate surface area is 341 Å². The molecule has 1 aliphatic heterocycles. The maximum absolute atomic E-state index is 14.4. The fraction of sp³-hybridized carbons (Fsp3) is 0.578. The summed E-state index contributed by atoms with van der Waals surface area (Å²) in [6.07, 6.45) is 11.2. The van der Waals surface area contributed by atoms with Gasteiger partial charge in [0.2, 0.25) is 11.7 Å². The van der Waals surface area contributed by atoms with E-state index in [1.54, 1.807) is 24.3 Å². The second-order valence-corrected chi connectivity index (χ2v) is 15.5. The van der Waals surface area contributed by atoms with Crippen molar-refractivity contribution < 1.29 is 53.4 Å². The predicted octanol–water partition coefficient (Wildman–Crippen LogP) is 6.20. The highest BCUT2D eigenvalue weighted by Gasteiger charge is 2.65. The molecule has 0 aromatic heterocycles. The Balaban J connectivity index is 1.56. The van der Waals surface area contributed by atoms with Crippen molar-refractivity contribution in [3.63, 3.8) is 0 Å². The van der Waals surface area contributed by atoms with Gasteiger partial charge in [-0.1, -0.05) is 30.1 Å². The third-order valence-electron chi connectivity index (χ3n) is 11.8. The van der Waals surface area contributed by atoms with Crippen molar-refractivity contribution in [2.24, 2.45) is 28.8 Å². The van der Waals surface area contributed by atoms with Crippen LogP contribution in [0.5, 0.6) is 23.0 Å². The molecule has 6 unspecified atom stereocenters. The number of methoxy groups -OCH3 is 1. The zero-order valence-corrected chi connectivity index (χ0v) is 33.9. The minimum atomic E-state index is -1.38. The minimum Gasteiger partial charge on any atom is -0.496 e. The molecule has 0 radical (unpaired) electrons. The number of rotatable bonds is 24. The van der Waals surface area contributed by atoms with Crippen LogP contribution in [-0.4, -0.2) is 110 Å². The summed E-state index contributed by atoms with van der Waals surface area (Å²) in [7, 11) is 1.51. The molecule has 1 amide bonds. The van der Waals surface area contributed by atoms with Crippen molar-refractivity contribution in [1.82, 2.24) is 4.90 Å². The van der Waals surface area contributed by atoms with E-state index in [0.29, 0.717) is 54.4 Å². The summed E-state index contributed by atoms with van der Waals surface area (Å²) in [5.41, 5.74) is 2.96. The average molecular weight is 805 g/mol. The first-order valence-electron chi connectivity index (χ1n) is 20.9. The van der Waals surface area contributed by atoms with E-state index >= 15 is 0 Å². The van der Waals surface area contributed by atoms with Crippen LogP contribution in [0.4, 0.5) is 0 Å². The number of carbonyl (C=O) groups is 2. The van der Waals surface area contributed by atoms with Crippen LogP contribution in [0.3, 0.4) is 0 Å². The Morgan fingerprint density at radius 2 is 1.78 bits per heavy atom. The highest BCUT2D eigenvalue weighted by molar-refractivity contribution is 6.03. The van der Waals surface area contributed by atoms with Crippen LogP contribution in [-0.2, 0) is 19.1 Å². The van der Waals surface area contributed by atoms with Crippen LogP contribution in [0.15, 0.2) is 65.9 Å². The predicted molar refractivity (Wildman–Crippen MR) is 217 cm³/mol. The van der Waals surface area contributed by atoms with Gasteiger partial charge < -0.3 is 48.7 Å². The van der Waals surface area contributed by atoms with Crippen molar-refractivity contribution in [3.05, 3.63) is 71.8 Å². The van der Waals surface area contributed by atoms with E-state index < -0.39 is 17.7 Å². The number of ether oxygens (including phenoxy) is 5. The van der Waals surface area contributed by atoms with E-state index in [1.807, 2.05) is 30.0 Å². The fourth-order valence-corrected chi connectivity index (χ4v) is 9.17. The molecule has 2 saturated carbocycles. The summed E-state index contributed by atoms with van der Waals surface area (Å²) >= 11 is 0. The molecule has 3 N–H and O–H groups in total. The topological polar surface area (TPSA) is 166 Å². The quantitative estimate of drug-likeness (QED) is 0.0479. The molecular weight excluding hydrogens is 744 g/mol. The summed E-state index contributed by atoms with van der Waals surface area (Å²) in [6, 6.07) is 10.2. The third kappa shape index (κ3) is 9.44. The second-order valence-electron chi connectivity index (χ2n) is 15.5. The number of unbranched alkanes of at least 4 members (excludes halogenated alkanes) is 2. The zero-order chi connectivity index (χ0) is 41.1. The first kappa shape index (κ1) is 43.3. The molecule has 58 heavy (non-hydrogen) atoms. The molecule has 0 bridgehead atoms. The molecule has 3 aliphatic carbocycles. The summed E-state index contributed by atoms with van der Waals surface area (Å²) in [6.45, 7) is 7.07. The van der Waals surface area contributed by atoms with Gasteiger partial charge in [-0.15, -0.1) is 6.58 Å². The molecule has 13 nitrogen and oxygen atoms in total. The number of benzene rings is 2. The smallest absolute Gasteiger partial charge is 0.239 e. The van der Waals surface area contributed by atoms with E-state index in [2.05, 4.69) is 12.7 Å². The lowest BCUT2D eigenvalue weighted by atomic mass is 9.55. The van der Waals surface area contributed by atoms with E-state index in [9.17, 15) is 24.9 Å². The summed E-state index contributed by atoms with van der Waals surface area (Å²) in [5.74, 6) is 0.00186. The van der Waals surface area contributed by atoms with Crippen molar-refractivity contribution in [3.8, 4) is 23.0 Å². The number of aliphatic hydroxyl groups is 3. The highest BCUT2D eigenvalue weighted by atomic mass is 16.7. The SMILES string of the molecule is C=CCOC12Oc3ccc(Oc4ccc(OC)c(C=O)c4)cc3C3C(CCCCO)C(CCCCO)C=C(C(=NOCC)CC1N(CCOCCO)C(=O)C1CC1)C32. The molecule has 6 atom stereocenters. The fourth-order valence-electron chi connectivity index (χ4n) is 9.17. The average Bonchev–Trinajstić information content (AvgIpc) is 4.10. The number of allylic oxidation sites excluding steroid dienone is 1. The third-order valence-corrected chi connectivity index (χ3v) is 11.8. The van der Waals surface area contributed by atoms with Crippen molar-refractivity contribution in [1.29, 1.82) is 0 Å². The van der Waals surface area contributed by atoms with E-state index in [4.69, 9.17) is 33.7 Å². The number of hydrogen-bond donors (Lipinski definition) is 3. The molecule has 4 aliphatic rings. The molecular formula is C45H60N2O11. The number of nitrogens with zero attached hydrogens (tertiary/aromatic N) is 2. The number of aliphatic hydroxyl groups excluding tert-OH is 3. The van der Waals surface area contributed by atoms with Crippen LogP contribution >= 0.6 is 0 Å². The lowest BCUT2D eigenvalue weighted by Crippen LogP contribution is -2.70. The standard InChI is InChI=1S/C45H60N2O11/c1-4-22-55-45-41(47(18-23-54-24-21-50)44(52)30-12-13-30)28-38(46-56-5-2)36-26-31(10-6-8-19-48)35(11-7-9-20-49)42(43(36)45)37-27-34(15-17-40(37)58-45)57-33-14-16-39(53-3)32(25-33)29-51/h4,14-17,25-27,29-31,35,41-43,48-50H,1,5-13,18-24,28H2,2-3H3. The van der Waals surface area contributed by atoms with Gasteiger partial charge in [0, 0.05) is 43.6 Å². The van der Waals surface area contributed by atoms with Crippen molar-refractivity contribution >= 4 is 17.9 Å². The first-order valence-corrected chi connectivity index (χ1v) is 20.9. The van der Waals surface area contributed by atoms with E-state index in [1.165, 1.54) is 7.11 Å². The van der Waals surface area contributed by atoms with E-state index in [0.717, 1.165) is 61.7 Å². The van der Waals surface area contributed by atoms with Crippen LogP contribution in [0.2, 0.25) is 0 Å². The molecule has 2 fully saturated rings. The summed E-state index contributed by atoms with van der Waals surface area (Å²) in [4.78, 5) is 34.0. The van der Waals surface area contributed by atoms with Crippen LogP contribution in [0.25, 0.3) is 0 Å². The van der Waals surface area contributed by atoms with Gasteiger partial charge in [0.05, 0.1) is 50.7 Å². The van der Waals surface area contributed by atoms with Crippen molar-refractivity contribution in [2.75, 3.05) is 59.9 Å². The van der Waals surface area contributed by atoms with Crippen molar-refractivity contribution in [2.45, 2.75) is 82.5 Å². The van der Waals surface area contributed by atoms with E-state index in [-0.39, 0.29) is 75.8 Å². The lowest BCUT2D eigenvalue weighted by Gasteiger charge is -2.60. The molecule has 0 spiro atoms. The molecule has 2 aromatic carbocycles. The largest absolute Gasteiger partial charge is 0.496 e. The molecule has 0 saturated heterocycles. The number of hydrogen-bond acceptors (Lipinski definition) is 12. The number of aldehydes is 1. The van der Waals surface area contributed by atoms with Crippen LogP contribution in [0, 0.1) is 23.7 Å². The normalized spacial score (nSPS) is 25.2. The maximum atomic E-state index is 14.4. The summed E-state index contributed by atoms with van der Waals surface area (Å²) in [5, 5.41) is 34.0. The lowest BCUT2D eigenvalue weighted by molar-refractivity contribution is -0.258. The van der Waals surface area contributed by atoms with Gasteiger partial charge in [-0.05, 0) is 99.3 Å². The highest BCUT2D eigenvalue weighted by Crippen LogP contribution is 2.62. The summed E-state index contributed by atoms with van der Waals surface area (Å²) < 4.78 is 31.9. The maximum Gasteiger partial charge on any atom is 0.239 e. The number of amides is 1. The molecule has 2 aromatic rings. The Morgan fingerprint density at radius 3 is 2.47 bits per heavy atom. The monoisotopic (exact) mass is 804 g/mol. The molecule has 6 rings (SSSR count). The minimum absolute atomic E-state index is 0.00318. The van der Waals surface area contributed by atoms with Gasteiger partial charge in [0.25, 0.3) is 0 Å². The Hall–Kier alpha value is -4.27. The van der Waals surface area contributed by atoms with Crippen LogP contribution in [0.1, 0.15) is 86.6 Å². The number of carbonyl (C=O) groups excluding carboxylic acids is 2. The number of oxime groups is 1. The van der Waals surface area contributed by atoms with Gasteiger partial charge in [-0.25, -0.2) is 0 Å². The van der Waals surface area contributed by atoms with Crippen LogP contribution < -0.4 is 14.2 Å². The first-order chi connectivity index (χ1) is 28.4. The molecule has 316 valence electrons. The molecule has 1 heterocycles.